The van der Waals surface area contributed by atoms with Crippen molar-refractivity contribution in [3.05, 3.63) is 30.1 Å². The Kier molecular flexibility index (Phi) is 6.14. The van der Waals surface area contributed by atoms with Crippen LogP contribution < -0.4 is 10.6 Å². The predicted octanol–water partition coefficient (Wildman–Crippen LogP) is 2.60. The quantitative estimate of drug-likeness (QED) is 0.404. The van der Waals surface area contributed by atoms with E-state index < -0.39 is 5.60 Å². The summed E-state index contributed by atoms with van der Waals surface area (Å²) in [6.07, 6.45) is 4.92. The molecule has 0 spiro atoms. The van der Waals surface area contributed by atoms with Gasteiger partial charge in [-0.15, -0.1) is 0 Å². The van der Waals surface area contributed by atoms with Crippen molar-refractivity contribution in [2.24, 2.45) is 4.99 Å². The largest absolute Gasteiger partial charge is 0.388 e. The Morgan fingerprint density at radius 1 is 1.27 bits per heavy atom. The summed E-state index contributed by atoms with van der Waals surface area (Å²) in [5.74, 6) is 1.84. The van der Waals surface area contributed by atoms with Crippen molar-refractivity contribution in [1.82, 2.24) is 20.2 Å². The predicted molar refractivity (Wildman–Crippen MR) is 106 cm³/mol. The second-order valence-corrected chi connectivity index (χ2v) is 7.21. The fourth-order valence-electron chi connectivity index (χ4n) is 3.68. The molecular weight excluding hydrogens is 326 g/mol. The maximum atomic E-state index is 10.5. The van der Waals surface area contributed by atoms with Crippen molar-refractivity contribution < 1.29 is 5.11 Å². The van der Waals surface area contributed by atoms with E-state index in [-0.39, 0.29) is 0 Å². The number of hydrogen-bond acceptors (Lipinski definition) is 3. The van der Waals surface area contributed by atoms with Crippen LogP contribution in [0.3, 0.4) is 0 Å². The van der Waals surface area contributed by atoms with Gasteiger partial charge in [-0.25, -0.2) is 4.98 Å². The summed E-state index contributed by atoms with van der Waals surface area (Å²) < 4.78 is 2.27. The Bertz CT molecular complexity index is 746. The third-order valence-corrected chi connectivity index (χ3v) is 5.11. The highest BCUT2D eigenvalue weighted by Crippen LogP contribution is 2.29. The first-order valence-corrected chi connectivity index (χ1v) is 9.78. The maximum Gasteiger partial charge on any atom is 0.191 e. The van der Waals surface area contributed by atoms with E-state index in [0.29, 0.717) is 6.54 Å². The zero-order valence-electron chi connectivity index (χ0n) is 16.0. The molecule has 6 heteroatoms. The van der Waals surface area contributed by atoms with Crippen molar-refractivity contribution >= 4 is 17.0 Å². The summed E-state index contributed by atoms with van der Waals surface area (Å²) in [5, 5.41) is 17.1. The van der Waals surface area contributed by atoms with Crippen LogP contribution in [0.15, 0.2) is 29.3 Å². The Morgan fingerprint density at radius 2 is 2.04 bits per heavy atom. The third-order valence-electron chi connectivity index (χ3n) is 5.11. The lowest BCUT2D eigenvalue weighted by Gasteiger charge is -2.20. The van der Waals surface area contributed by atoms with E-state index in [4.69, 9.17) is 0 Å². The summed E-state index contributed by atoms with van der Waals surface area (Å²) in [6, 6.07) is 8.26. The third kappa shape index (κ3) is 4.55. The Balaban J connectivity index is 1.52. The van der Waals surface area contributed by atoms with Gasteiger partial charge in [0.2, 0.25) is 0 Å². The van der Waals surface area contributed by atoms with E-state index in [9.17, 15) is 5.11 Å². The Morgan fingerprint density at radius 3 is 2.81 bits per heavy atom. The molecule has 0 amide bonds. The van der Waals surface area contributed by atoms with Crippen molar-refractivity contribution in [3.63, 3.8) is 0 Å². The first-order valence-electron chi connectivity index (χ1n) is 9.78. The number of hydrogen-bond donors (Lipinski definition) is 3. The van der Waals surface area contributed by atoms with Gasteiger partial charge >= 0.3 is 0 Å². The average Bonchev–Trinajstić information content (AvgIpc) is 3.20. The molecule has 0 saturated heterocycles. The first-order chi connectivity index (χ1) is 12.6. The SMILES string of the molecule is CCNC(=NCC1(O)CCCC1)NCCCn1c(C)nc2ccccc21. The molecule has 1 aliphatic rings. The van der Waals surface area contributed by atoms with Gasteiger partial charge in [-0.05, 0) is 45.2 Å². The molecule has 1 heterocycles. The average molecular weight is 358 g/mol. The van der Waals surface area contributed by atoms with Crippen LogP contribution >= 0.6 is 0 Å². The molecule has 0 aliphatic heterocycles. The van der Waals surface area contributed by atoms with E-state index in [1.807, 2.05) is 6.07 Å². The standard InChI is InChI=1S/C20H31N5O/c1-3-21-19(23-15-20(26)11-6-7-12-20)22-13-8-14-25-16(2)24-17-9-4-5-10-18(17)25/h4-5,9-10,26H,3,6-8,11-15H2,1-2H3,(H2,21,22,23). The molecule has 0 unspecified atom stereocenters. The van der Waals surface area contributed by atoms with Gasteiger partial charge in [-0.2, -0.15) is 0 Å². The molecule has 142 valence electrons. The summed E-state index contributed by atoms with van der Waals surface area (Å²) in [7, 11) is 0. The lowest BCUT2D eigenvalue weighted by Crippen LogP contribution is -2.40. The van der Waals surface area contributed by atoms with Gasteiger partial charge in [0.05, 0.1) is 23.2 Å². The number of imidazole rings is 1. The molecule has 1 saturated carbocycles. The van der Waals surface area contributed by atoms with Gasteiger partial charge in [-0.3, -0.25) is 4.99 Å². The van der Waals surface area contributed by atoms with Gasteiger partial charge in [0, 0.05) is 19.6 Å². The number of rotatable bonds is 7. The minimum Gasteiger partial charge on any atom is -0.388 e. The van der Waals surface area contributed by atoms with Crippen LogP contribution in [0.1, 0.15) is 44.9 Å². The summed E-state index contributed by atoms with van der Waals surface area (Å²) in [5.41, 5.74) is 1.64. The Hall–Kier alpha value is -2.08. The van der Waals surface area contributed by atoms with Crippen LogP contribution in [0.5, 0.6) is 0 Å². The van der Waals surface area contributed by atoms with Crippen molar-refractivity contribution in [2.75, 3.05) is 19.6 Å². The molecule has 0 radical (unpaired) electrons. The minimum atomic E-state index is -0.602. The highest BCUT2D eigenvalue weighted by atomic mass is 16.3. The zero-order chi connectivity index (χ0) is 18.4. The van der Waals surface area contributed by atoms with Crippen LogP contribution in [-0.2, 0) is 6.54 Å². The lowest BCUT2D eigenvalue weighted by atomic mass is 10.0. The van der Waals surface area contributed by atoms with E-state index >= 15 is 0 Å². The van der Waals surface area contributed by atoms with Crippen LogP contribution in [0.25, 0.3) is 11.0 Å². The maximum absolute atomic E-state index is 10.5. The lowest BCUT2D eigenvalue weighted by molar-refractivity contribution is 0.0574. The molecule has 1 aromatic heterocycles. The highest BCUT2D eigenvalue weighted by molar-refractivity contribution is 5.79. The number of nitrogens with one attached hydrogen (secondary N) is 2. The number of aromatic nitrogens is 2. The fourth-order valence-corrected chi connectivity index (χ4v) is 3.68. The summed E-state index contributed by atoms with van der Waals surface area (Å²) in [6.45, 7) is 7.16. The second kappa shape index (κ2) is 8.54. The van der Waals surface area contributed by atoms with Gasteiger partial charge < -0.3 is 20.3 Å². The molecule has 0 bridgehead atoms. The second-order valence-electron chi connectivity index (χ2n) is 7.21. The molecule has 6 nitrogen and oxygen atoms in total. The van der Waals surface area contributed by atoms with Crippen molar-refractivity contribution in [1.29, 1.82) is 0 Å². The topological polar surface area (TPSA) is 74.5 Å². The molecular formula is C20H31N5O. The number of fused-ring (bicyclic) bond motifs is 1. The number of aryl methyl sites for hydroxylation is 2. The van der Waals surface area contributed by atoms with Crippen LogP contribution in [0, 0.1) is 6.92 Å². The van der Waals surface area contributed by atoms with Crippen molar-refractivity contribution in [3.8, 4) is 0 Å². The molecule has 3 rings (SSSR count). The monoisotopic (exact) mass is 357 g/mol. The molecule has 1 aromatic carbocycles. The zero-order valence-corrected chi connectivity index (χ0v) is 16.0. The fraction of sp³-hybridized carbons (Fsp3) is 0.600. The van der Waals surface area contributed by atoms with E-state index in [1.54, 1.807) is 0 Å². The van der Waals surface area contributed by atoms with Gasteiger partial charge in [0.15, 0.2) is 5.96 Å². The number of benzene rings is 1. The smallest absolute Gasteiger partial charge is 0.191 e. The van der Waals surface area contributed by atoms with Gasteiger partial charge in [0.25, 0.3) is 0 Å². The van der Waals surface area contributed by atoms with E-state index in [1.165, 1.54) is 5.52 Å². The summed E-state index contributed by atoms with van der Waals surface area (Å²) in [4.78, 5) is 9.21. The van der Waals surface area contributed by atoms with Crippen LogP contribution in [0.2, 0.25) is 0 Å². The number of guanidine groups is 1. The molecule has 1 fully saturated rings. The minimum absolute atomic E-state index is 0.480. The normalized spacial score (nSPS) is 17.0. The molecule has 3 N–H and O–H groups in total. The number of nitrogens with zero attached hydrogens (tertiary/aromatic N) is 3. The van der Waals surface area contributed by atoms with Crippen LogP contribution in [0.4, 0.5) is 0 Å². The number of aliphatic hydroxyl groups is 1. The van der Waals surface area contributed by atoms with E-state index in [0.717, 1.165) is 69.0 Å². The van der Waals surface area contributed by atoms with Gasteiger partial charge in [0.1, 0.15) is 5.82 Å². The highest BCUT2D eigenvalue weighted by Gasteiger charge is 2.30. The molecule has 1 aliphatic carbocycles. The molecule has 0 atom stereocenters. The first kappa shape index (κ1) is 18.7. The number of para-hydroxylation sites is 2. The van der Waals surface area contributed by atoms with Crippen molar-refractivity contribution in [2.45, 2.75) is 58.1 Å². The van der Waals surface area contributed by atoms with Crippen LogP contribution in [-0.4, -0.2) is 45.9 Å². The molecule has 26 heavy (non-hydrogen) atoms. The molecule has 2 aromatic rings. The summed E-state index contributed by atoms with van der Waals surface area (Å²) >= 11 is 0. The Labute approximate surface area is 155 Å². The van der Waals surface area contributed by atoms with Gasteiger partial charge in [-0.1, -0.05) is 25.0 Å². The number of aliphatic imine (C=N–C) groups is 1. The van der Waals surface area contributed by atoms with E-state index in [2.05, 4.69) is 57.2 Å².